The molecule has 1 amide bonds. The minimum absolute atomic E-state index is 0.0666. The van der Waals surface area contributed by atoms with Crippen molar-refractivity contribution in [1.82, 2.24) is 24.9 Å². The summed E-state index contributed by atoms with van der Waals surface area (Å²) in [4.78, 5) is 22.2. The van der Waals surface area contributed by atoms with Gasteiger partial charge in [-0.2, -0.15) is 5.10 Å². The lowest BCUT2D eigenvalue weighted by atomic mass is 10.1. The van der Waals surface area contributed by atoms with Gasteiger partial charge >= 0.3 is 0 Å². The fourth-order valence-electron chi connectivity index (χ4n) is 3.94. The zero-order valence-electron chi connectivity index (χ0n) is 18.8. The summed E-state index contributed by atoms with van der Waals surface area (Å²) in [5.41, 5.74) is 3.53. The third kappa shape index (κ3) is 3.85. The summed E-state index contributed by atoms with van der Waals surface area (Å²) >= 11 is 1.35. The first kappa shape index (κ1) is 22.2. The number of nitrogens with zero attached hydrogens (tertiary/aromatic N) is 4. The van der Waals surface area contributed by atoms with Gasteiger partial charge in [0.1, 0.15) is 10.7 Å². The van der Waals surface area contributed by atoms with Crippen LogP contribution in [-0.4, -0.2) is 41.0 Å². The first-order valence-electron chi connectivity index (χ1n) is 10.8. The summed E-state index contributed by atoms with van der Waals surface area (Å²) in [6, 6.07) is 15.2. The number of carbonyl (C=O) groups excluding carboxylic acids is 1. The largest absolute Gasteiger partial charge is 0.480 e. The number of carbonyl (C=O) groups is 1. The summed E-state index contributed by atoms with van der Waals surface area (Å²) in [6.45, 7) is 0.263. The summed E-state index contributed by atoms with van der Waals surface area (Å²) in [7, 11) is -2.66. The number of imidazole rings is 1. The lowest BCUT2D eigenvalue weighted by molar-refractivity contribution is 0.0950. The molecule has 180 valence electrons. The van der Waals surface area contributed by atoms with Crippen LogP contribution in [-0.2, 0) is 16.6 Å². The van der Waals surface area contributed by atoms with Crippen LogP contribution in [0.4, 0.5) is 5.69 Å². The van der Waals surface area contributed by atoms with Gasteiger partial charge in [0.25, 0.3) is 15.9 Å². The second-order valence-electron chi connectivity index (χ2n) is 8.04. The summed E-state index contributed by atoms with van der Waals surface area (Å²) < 4.78 is 36.0. The van der Waals surface area contributed by atoms with Crippen LogP contribution in [0.2, 0.25) is 0 Å². The molecule has 2 N–H and O–H groups in total. The number of ether oxygens (including phenoxy) is 1. The molecule has 4 heterocycles. The van der Waals surface area contributed by atoms with E-state index >= 15 is 0 Å². The van der Waals surface area contributed by atoms with Gasteiger partial charge in [-0.25, -0.2) is 22.9 Å². The van der Waals surface area contributed by atoms with Crippen LogP contribution >= 0.6 is 11.3 Å². The van der Waals surface area contributed by atoms with Crippen LogP contribution in [0.3, 0.4) is 0 Å². The Bertz CT molecular complexity index is 1760. The molecule has 36 heavy (non-hydrogen) atoms. The van der Waals surface area contributed by atoms with Gasteiger partial charge in [-0.05, 0) is 35.9 Å². The maximum absolute atomic E-state index is 13.2. The molecule has 3 aromatic heterocycles. The number of nitrogens with one attached hydrogen (secondary N) is 2. The molecule has 0 atom stereocenters. The molecule has 0 aliphatic carbocycles. The number of amides is 1. The molecule has 0 spiro atoms. The molecule has 0 fully saturated rings. The average molecular weight is 519 g/mol. The van der Waals surface area contributed by atoms with Gasteiger partial charge in [-0.3, -0.25) is 9.52 Å². The Kier molecular flexibility index (Phi) is 5.20. The van der Waals surface area contributed by atoms with Crippen molar-refractivity contribution < 1.29 is 17.9 Å². The van der Waals surface area contributed by atoms with Gasteiger partial charge in [0.15, 0.2) is 0 Å². The zero-order valence-corrected chi connectivity index (χ0v) is 20.4. The molecule has 1 aliphatic heterocycles. The lowest BCUT2D eigenvalue weighted by Crippen LogP contribution is -2.23. The Balaban J connectivity index is 1.56. The standard InChI is InChI=1S/C24H18N6O4S2/c1-34-22-19-10-17(12-26-22)23-28-30-20(13-27-24(30)35-23)15-5-2-4-14(8-15)11-25-21(31)16-6-3-7-18(9-16)36(32,33)29-19/h2-10,12-13,29H,11H2,1H3,(H,25,31). The van der Waals surface area contributed by atoms with E-state index < -0.39 is 15.9 Å². The van der Waals surface area contributed by atoms with E-state index in [0.29, 0.717) is 15.5 Å². The van der Waals surface area contributed by atoms with Gasteiger partial charge in [0.05, 0.1) is 23.9 Å². The Morgan fingerprint density at radius 1 is 1.00 bits per heavy atom. The van der Waals surface area contributed by atoms with Crippen molar-refractivity contribution in [3.63, 3.8) is 0 Å². The van der Waals surface area contributed by atoms with Crippen molar-refractivity contribution in [3.8, 4) is 27.7 Å². The van der Waals surface area contributed by atoms with Gasteiger partial charge < -0.3 is 10.1 Å². The molecule has 0 radical (unpaired) electrons. The van der Waals surface area contributed by atoms with Crippen molar-refractivity contribution >= 4 is 37.9 Å². The highest BCUT2D eigenvalue weighted by atomic mass is 32.2. The number of sulfonamides is 1. The fraction of sp³-hybridized carbons (Fsp3) is 0.0833. The molecule has 8 bridgehead atoms. The van der Waals surface area contributed by atoms with Crippen LogP contribution < -0.4 is 14.8 Å². The van der Waals surface area contributed by atoms with Gasteiger partial charge in [-0.15, -0.1) is 0 Å². The Morgan fingerprint density at radius 2 is 1.83 bits per heavy atom. The summed E-state index contributed by atoms with van der Waals surface area (Å²) in [5, 5.41) is 8.18. The number of benzene rings is 2. The van der Waals surface area contributed by atoms with Gasteiger partial charge in [-0.1, -0.05) is 35.6 Å². The van der Waals surface area contributed by atoms with E-state index in [4.69, 9.17) is 9.84 Å². The molecule has 10 nitrogen and oxygen atoms in total. The van der Waals surface area contributed by atoms with E-state index in [1.807, 2.05) is 24.3 Å². The molecule has 0 unspecified atom stereocenters. The third-order valence-corrected chi connectivity index (χ3v) is 8.04. The molecule has 0 saturated carbocycles. The highest BCUT2D eigenvalue weighted by Crippen LogP contribution is 2.34. The van der Waals surface area contributed by atoms with Crippen molar-refractivity contribution in [2.45, 2.75) is 11.4 Å². The Labute approximate surface area is 209 Å². The van der Waals surface area contributed by atoms with E-state index in [9.17, 15) is 13.2 Å². The highest BCUT2D eigenvalue weighted by molar-refractivity contribution is 7.92. The normalized spacial score (nSPS) is 14.5. The monoisotopic (exact) mass is 518 g/mol. The van der Waals surface area contributed by atoms with E-state index in [1.165, 1.54) is 36.6 Å². The predicted molar refractivity (Wildman–Crippen MR) is 135 cm³/mol. The van der Waals surface area contributed by atoms with Crippen molar-refractivity contribution in [2.75, 3.05) is 11.8 Å². The maximum atomic E-state index is 13.2. The number of fused-ring (bicyclic) bond motifs is 9. The van der Waals surface area contributed by atoms with Crippen LogP contribution in [0.1, 0.15) is 15.9 Å². The van der Waals surface area contributed by atoms with Crippen LogP contribution in [0, 0.1) is 0 Å². The van der Waals surface area contributed by atoms with Gasteiger partial charge in [0.2, 0.25) is 10.8 Å². The minimum Gasteiger partial charge on any atom is -0.480 e. The molecule has 2 aromatic carbocycles. The smallest absolute Gasteiger partial charge is 0.262 e. The van der Waals surface area contributed by atoms with E-state index in [2.05, 4.69) is 20.0 Å². The quantitative estimate of drug-likeness (QED) is 0.347. The Morgan fingerprint density at radius 3 is 2.69 bits per heavy atom. The number of rotatable bonds is 1. The number of pyridine rings is 1. The SMILES string of the molecule is COc1ncc2cc1NS(=O)(=O)c1cccc(c1)C(=O)NCc1cccc(c1)-c1cnc3sc-2nn13. The number of anilines is 1. The van der Waals surface area contributed by atoms with Crippen molar-refractivity contribution in [1.29, 1.82) is 0 Å². The molecule has 12 heteroatoms. The van der Waals surface area contributed by atoms with Gasteiger partial charge in [0, 0.05) is 29.4 Å². The van der Waals surface area contributed by atoms with Crippen LogP contribution in [0.15, 0.2) is 71.9 Å². The maximum Gasteiger partial charge on any atom is 0.262 e. The molecule has 5 aromatic rings. The molecular formula is C24H18N6O4S2. The van der Waals surface area contributed by atoms with E-state index in [0.717, 1.165) is 16.8 Å². The average Bonchev–Trinajstić information content (AvgIpc) is 3.48. The summed E-state index contributed by atoms with van der Waals surface area (Å²) in [6.07, 6.45) is 3.31. The summed E-state index contributed by atoms with van der Waals surface area (Å²) in [5.74, 6) is -0.292. The van der Waals surface area contributed by atoms with E-state index in [-0.39, 0.29) is 28.6 Å². The van der Waals surface area contributed by atoms with Crippen LogP contribution in [0.5, 0.6) is 5.88 Å². The lowest BCUT2D eigenvalue weighted by Gasteiger charge is -2.13. The first-order valence-corrected chi connectivity index (χ1v) is 13.1. The second kappa shape index (κ2) is 8.43. The Hall–Kier alpha value is -4.29. The second-order valence-corrected chi connectivity index (χ2v) is 10.7. The number of aromatic nitrogens is 4. The number of hydrogen-bond acceptors (Lipinski definition) is 8. The van der Waals surface area contributed by atoms with Crippen molar-refractivity contribution in [3.05, 3.63) is 78.1 Å². The highest BCUT2D eigenvalue weighted by Gasteiger charge is 2.21. The number of hydrogen-bond donors (Lipinski definition) is 2. The first-order chi connectivity index (χ1) is 17.4. The van der Waals surface area contributed by atoms with E-state index in [1.54, 1.807) is 29.0 Å². The fourth-order valence-corrected chi connectivity index (χ4v) is 5.89. The molecule has 0 saturated heterocycles. The molecule has 1 aliphatic rings. The van der Waals surface area contributed by atoms with Crippen LogP contribution in [0.25, 0.3) is 26.8 Å². The topological polar surface area (TPSA) is 128 Å². The minimum atomic E-state index is -4.06. The third-order valence-electron chi connectivity index (χ3n) is 5.70. The predicted octanol–water partition coefficient (Wildman–Crippen LogP) is 3.57. The zero-order chi connectivity index (χ0) is 24.9. The molecule has 6 rings (SSSR count). The van der Waals surface area contributed by atoms with Crippen molar-refractivity contribution in [2.24, 2.45) is 0 Å². The molecular weight excluding hydrogens is 500 g/mol. The number of methoxy groups -OCH3 is 1.